The van der Waals surface area contributed by atoms with E-state index in [9.17, 15) is 0 Å². The van der Waals surface area contributed by atoms with Crippen LogP contribution in [0.3, 0.4) is 0 Å². The van der Waals surface area contributed by atoms with E-state index in [4.69, 9.17) is 0 Å². The van der Waals surface area contributed by atoms with Crippen molar-refractivity contribution in [3.05, 3.63) is 34.3 Å². The molecule has 90 valence electrons. The molecule has 1 rings (SSSR count). The van der Waals surface area contributed by atoms with E-state index in [1.165, 1.54) is 23.5 Å². The van der Waals surface area contributed by atoms with Gasteiger partial charge in [0.15, 0.2) is 0 Å². The first-order chi connectivity index (χ1) is 7.74. The van der Waals surface area contributed by atoms with Crippen molar-refractivity contribution in [1.29, 1.82) is 0 Å². The van der Waals surface area contributed by atoms with Crippen molar-refractivity contribution in [2.45, 2.75) is 26.3 Å². The Morgan fingerprint density at radius 2 is 2.25 bits per heavy atom. The van der Waals surface area contributed by atoms with Gasteiger partial charge in [-0.3, -0.25) is 0 Å². The van der Waals surface area contributed by atoms with Crippen molar-refractivity contribution in [2.75, 3.05) is 18.1 Å². The third-order valence-corrected chi connectivity index (χ3v) is 3.95. The molecule has 0 spiro atoms. The highest BCUT2D eigenvalue weighted by molar-refractivity contribution is 9.10. The van der Waals surface area contributed by atoms with Crippen molar-refractivity contribution in [2.24, 2.45) is 0 Å². The lowest BCUT2D eigenvalue weighted by Crippen LogP contribution is -2.20. The fourth-order valence-electron chi connectivity index (χ4n) is 1.53. The minimum absolute atomic E-state index is 0.434. The highest BCUT2D eigenvalue weighted by Crippen LogP contribution is 2.17. The van der Waals surface area contributed by atoms with E-state index in [-0.39, 0.29) is 0 Å². The van der Waals surface area contributed by atoms with Gasteiger partial charge in [0, 0.05) is 10.5 Å². The van der Waals surface area contributed by atoms with Crippen LogP contribution in [0.4, 0.5) is 0 Å². The molecule has 16 heavy (non-hydrogen) atoms. The molecule has 1 aromatic rings. The smallest absolute Gasteiger partial charge is 0.0292 e. The number of thioether (sulfide) groups is 1. The SMILES string of the molecule is CCSCCCN[C@@H](C)c1cccc(Br)c1. The zero-order valence-electron chi connectivity index (χ0n) is 10.0. The summed E-state index contributed by atoms with van der Waals surface area (Å²) in [6.07, 6.45) is 1.25. The maximum Gasteiger partial charge on any atom is 0.0292 e. The molecule has 1 nitrogen and oxygen atoms in total. The number of benzene rings is 1. The van der Waals surface area contributed by atoms with Gasteiger partial charge in [-0.15, -0.1) is 0 Å². The molecule has 0 saturated carbocycles. The zero-order chi connectivity index (χ0) is 11.8. The molecule has 1 atom stereocenters. The molecule has 0 aliphatic heterocycles. The van der Waals surface area contributed by atoms with E-state index in [0.29, 0.717) is 6.04 Å². The molecule has 0 saturated heterocycles. The first-order valence-corrected chi connectivity index (χ1v) is 7.75. The average Bonchev–Trinajstić information content (AvgIpc) is 2.28. The third-order valence-electron chi connectivity index (χ3n) is 2.47. The minimum atomic E-state index is 0.434. The molecule has 0 aliphatic rings. The lowest BCUT2D eigenvalue weighted by Gasteiger charge is -2.14. The van der Waals surface area contributed by atoms with E-state index in [1.54, 1.807) is 0 Å². The summed E-state index contributed by atoms with van der Waals surface area (Å²) in [6, 6.07) is 8.93. The first-order valence-electron chi connectivity index (χ1n) is 5.80. The summed E-state index contributed by atoms with van der Waals surface area (Å²) in [5.41, 5.74) is 1.34. The topological polar surface area (TPSA) is 12.0 Å². The van der Waals surface area contributed by atoms with E-state index >= 15 is 0 Å². The Balaban J connectivity index is 2.27. The maximum absolute atomic E-state index is 3.55. The number of nitrogens with one attached hydrogen (secondary N) is 1. The van der Waals surface area contributed by atoms with Crippen LogP contribution in [0.1, 0.15) is 31.9 Å². The molecule has 0 heterocycles. The van der Waals surface area contributed by atoms with Crippen molar-refractivity contribution in [3.8, 4) is 0 Å². The molecule has 0 bridgehead atoms. The quantitative estimate of drug-likeness (QED) is 0.756. The summed E-state index contributed by atoms with van der Waals surface area (Å²) in [5.74, 6) is 2.48. The molecule has 0 unspecified atom stereocenters. The van der Waals surface area contributed by atoms with Crippen LogP contribution in [0.2, 0.25) is 0 Å². The van der Waals surface area contributed by atoms with Crippen molar-refractivity contribution >= 4 is 27.7 Å². The molecular formula is C13H20BrNS. The lowest BCUT2D eigenvalue weighted by atomic mass is 10.1. The molecule has 0 aliphatic carbocycles. The van der Waals surface area contributed by atoms with Gasteiger partial charge in [0.2, 0.25) is 0 Å². The van der Waals surface area contributed by atoms with Crippen LogP contribution in [-0.2, 0) is 0 Å². The predicted octanol–water partition coefficient (Wildman–Crippen LogP) is 4.24. The van der Waals surface area contributed by atoms with Crippen LogP contribution < -0.4 is 5.32 Å². The van der Waals surface area contributed by atoms with Gasteiger partial charge in [-0.2, -0.15) is 11.8 Å². The molecule has 1 aromatic carbocycles. The monoisotopic (exact) mass is 301 g/mol. The summed E-state index contributed by atoms with van der Waals surface area (Å²) in [7, 11) is 0. The molecule has 0 fully saturated rings. The van der Waals surface area contributed by atoms with Gasteiger partial charge in [0.25, 0.3) is 0 Å². The van der Waals surface area contributed by atoms with Gasteiger partial charge in [-0.05, 0) is 49.1 Å². The van der Waals surface area contributed by atoms with Crippen LogP contribution in [0.15, 0.2) is 28.7 Å². The van der Waals surface area contributed by atoms with Crippen LogP contribution >= 0.6 is 27.7 Å². The van der Waals surface area contributed by atoms with Crippen LogP contribution in [-0.4, -0.2) is 18.1 Å². The second-order valence-corrected chi connectivity index (χ2v) is 6.09. The zero-order valence-corrected chi connectivity index (χ0v) is 12.4. The van der Waals surface area contributed by atoms with Crippen LogP contribution in [0.5, 0.6) is 0 Å². The fraction of sp³-hybridized carbons (Fsp3) is 0.538. The minimum Gasteiger partial charge on any atom is -0.310 e. The third kappa shape index (κ3) is 5.37. The second-order valence-electron chi connectivity index (χ2n) is 3.78. The summed E-state index contributed by atoms with van der Waals surface area (Å²) >= 11 is 5.51. The van der Waals surface area contributed by atoms with Crippen molar-refractivity contribution < 1.29 is 0 Å². The van der Waals surface area contributed by atoms with Crippen LogP contribution in [0, 0.1) is 0 Å². The van der Waals surface area contributed by atoms with Gasteiger partial charge >= 0.3 is 0 Å². The van der Waals surface area contributed by atoms with E-state index in [0.717, 1.165) is 11.0 Å². The molecule has 0 amide bonds. The molecule has 0 aromatic heterocycles. The second kappa shape index (κ2) is 8.15. The number of hydrogen-bond donors (Lipinski definition) is 1. The summed E-state index contributed by atoms with van der Waals surface area (Å²) in [5, 5.41) is 3.55. The lowest BCUT2D eigenvalue weighted by molar-refractivity contribution is 0.572. The van der Waals surface area contributed by atoms with E-state index < -0.39 is 0 Å². The highest BCUT2D eigenvalue weighted by Gasteiger charge is 2.03. The maximum atomic E-state index is 3.55. The van der Waals surface area contributed by atoms with Gasteiger partial charge in [-0.1, -0.05) is 35.0 Å². The van der Waals surface area contributed by atoms with Crippen LogP contribution in [0.25, 0.3) is 0 Å². The largest absolute Gasteiger partial charge is 0.310 e. The van der Waals surface area contributed by atoms with Gasteiger partial charge in [-0.25, -0.2) is 0 Å². The fourth-order valence-corrected chi connectivity index (χ4v) is 2.59. The summed E-state index contributed by atoms with van der Waals surface area (Å²) in [4.78, 5) is 0. The van der Waals surface area contributed by atoms with Gasteiger partial charge in [0.1, 0.15) is 0 Å². The Morgan fingerprint density at radius 1 is 1.44 bits per heavy atom. The number of rotatable bonds is 7. The Bertz CT molecular complexity index is 304. The molecule has 3 heteroatoms. The Hall–Kier alpha value is 0.01000. The first kappa shape index (κ1) is 14.1. The molecule has 1 N–H and O–H groups in total. The highest BCUT2D eigenvalue weighted by atomic mass is 79.9. The number of halogens is 1. The average molecular weight is 302 g/mol. The van der Waals surface area contributed by atoms with Crippen molar-refractivity contribution in [3.63, 3.8) is 0 Å². The van der Waals surface area contributed by atoms with Crippen molar-refractivity contribution in [1.82, 2.24) is 5.32 Å². The standard InChI is InChI=1S/C13H20BrNS/c1-3-16-9-5-8-15-11(2)12-6-4-7-13(14)10-12/h4,6-7,10-11,15H,3,5,8-9H2,1-2H3/t11-/m0/s1. The van der Waals surface area contributed by atoms with E-state index in [2.05, 4.69) is 59.4 Å². The Labute approximate surface area is 112 Å². The molecule has 0 radical (unpaired) electrons. The van der Waals surface area contributed by atoms with Gasteiger partial charge < -0.3 is 5.32 Å². The van der Waals surface area contributed by atoms with E-state index in [1.807, 2.05) is 11.8 Å². The Morgan fingerprint density at radius 3 is 2.94 bits per heavy atom. The summed E-state index contributed by atoms with van der Waals surface area (Å²) in [6.45, 7) is 5.53. The Kier molecular flexibility index (Phi) is 7.17. The predicted molar refractivity (Wildman–Crippen MR) is 78.2 cm³/mol. The van der Waals surface area contributed by atoms with Gasteiger partial charge in [0.05, 0.1) is 0 Å². The number of hydrogen-bond acceptors (Lipinski definition) is 2. The molecular weight excluding hydrogens is 282 g/mol. The normalized spacial score (nSPS) is 12.7. The summed E-state index contributed by atoms with van der Waals surface area (Å²) < 4.78 is 1.15.